The van der Waals surface area contributed by atoms with E-state index in [-0.39, 0.29) is 12.0 Å². The molecule has 1 aliphatic heterocycles. The molecule has 2 aromatic carbocycles. The van der Waals surface area contributed by atoms with Crippen LogP contribution in [0.2, 0.25) is 0 Å². The minimum atomic E-state index is -0.0502. The van der Waals surface area contributed by atoms with Gasteiger partial charge in [-0.2, -0.15) is 5.10 Å². The summed E-state index contributed by atoms with van der Waals surface area (Å²) < 4.78 is 12.9. The summed E-state index contributed by atoms with van der Waals surface area (Å²) in [5, 5.41) is 4.39. The number of aromatic nitrogens is 2. The molecule has 2 heterocycles. The van der Waals surface area contributed by atoms with Gasteiger partial charge in [-0.05, 0) is 48.7 Å². The maximum Gasteiger partial charge on any atom is 0.246 e. The highest BCUT2D eigenvalue weighted by Crippen LogP contribution is 2.18. The smallest absolute Gasteiger partial charge is 0.246 e. The summed E-state index contributed by atoms with van der Waals surface area (Å²) in [6.07, 6.45) is 9.19. The second-order valence-electron chi connectivity index (χ2n) is 7.59. The summed E-state index contributed by atoms with van der Waals surface area (Å²) in [4.78, 5) is 14.9. The molecule has 4 rings (SSSR count). The Morgan fingerprint density at radius 2 is 2.13 bits per heavy atom. The van der Waals surface area contributed by atoms with Crippen LogP contribution in [0.4, 0.5) is 0 Å². The summed E-state index contributed by atoms with van der Waals surface area (Å²) in [7, 11) is 1.65. The second kappa shape index (κ2) is 10.1. The van der Waals surface area contributed by atoms with Crippen molar-refractivity contribution >= 4 is 12.0 Å². The largest absolute Gasteiger partial charge is 0.497 e. The predicted octanol–water partition coefficient (Wildman–Crippen LogP) is 4.10. The molecule has 0 radical (unpaired) electrons. The average Bonchev–Trinajstić information content (AvgIpc) is 3.50. The van der Waals surface area contributed by atoms with Gasteiger partial charge in [0.15, 0.2) is 0 Å². The summed E-state index contributed by atoms with van der Waals surface area (Å²) in [5.41, 5.74) is 2.87. The Balaban J connectivity index is 1.47. The average molecular weight is 418 g/mol. The standard InChI is InChI=1S/C25H27N3O3/c1-30-23-10-5-7-20(15-23)17-27(19-24-11-6-14-31-24)25(29)13-12-21-16-26-28(18-21)22-8-3-2-4-9-22/h2-5,7-10,12-13,15-16,18,24H,6,11,14,17,19H2,1H3/b13-12+. The maximum atomic E-state index is 13.1. The first-order chi connectivity index (χ1) is 15.2. The summed E-state index contributed by atoms with van der Waals surface area (Å²) >= 11 is 0. The molecule has 0 saturated carbocycles. The Morgan fingerprint density at radius 1 is 1.26 bits per heavy atom. The number of para-hydroxylation sites is 1. The lowest BCUT2D eigenvalue weighted by Crippen LogP contribution is -2.35. The van der Waals surface area contributed by atoms with Gasteiger partial charge in [-0.15, -0.1) is 0 Å². The number of rotatable bonds is 8. The van der Waals surface area contributed by atoms with Crippen LogP contribution in [0.15, 0.2) is 73.1 Å². The molecule has 1 amide bonds. The summed E-state index contributed by atoms with van der Waals surface area (Å²) in [6, 6.07) is 17.7. The summed E-state index contributed by atoms with van der Waals surface area (Å²) in [5.74, 6) is 0.733. The first kappa shape index (κ1) is 20.9. The van der Waals surface area contributed by atoms with Gasteiger partial charge in [-0.1, -0.05) is 30.3 Å². The fraction of sp³-hybridized carbons (Fsp3) is 0.280. The first-order valence-electron chi connectivity index (χ1n) is 10.5. The Labute approximate surface area is 182 Å². The van der Waals surface area contributed by atoms with Gasteiger partial charge >= 0.3 is 0 Å². The van der Waals surface area contributed by atoms with Crippen LogP contribution < -0.4 is 4.74 Å². The fourth-order valence-electron chi connectivity index (χ4n) is 3.68. The maximum absolute atomic E-state index is 13.1. The number of carbonyl (C=O) groups is 1. The number of methoxy groups -OCH3 is 1. The Kier molecular flexibility index (Phi) is 6.79. The van der Waals surface area contributed by atoms with Gasteiger partial charge in [-0.25, -0.2) is 4.68 Å². The molecular formula is C25H27N3O3. The molecular weight excluding hydrogens is 390 g/mol. The zero-order chi connectivity index (χ0) is 21.5. The van der Waals surface area contributed by atoms with Crippen LogP contribution in [-0.2, 0) is 16.1 Å². The van der Waals surface area contributed by atoms with Gasteiger partial charge in [-0.3, -0.25) is 4.79 Å². The van der Waals surface area contributed by atoms with Gasteiger partial charge in [0.2, 0.25) is 5.91 Å². The fourth-order valence-corrected chi connectivity index (χ4v) is 3.68. The third kappa shape index (κ3) is 5.61. The van der Waals surface area contributed by atoms with Gasteiger partial charge in [0.05, 0.1) is 25.1 Å². The quantitative estimate of drug-likeness (QED) is 0.518. The molecule has 0 N–H and O–H groups in total. The van der Waals surface area contributed by atoms with E-state index in [9.17, 15) is 4.79 Å². The lowest BCUT2D eigenvalue weighted by atomic mass is 10.1. The highest BCUT2D eigenvalue weighted by molar-refractivity contribution is 5.91. The second-order valence-corrected chi connectivity index (χ2v) is 7.59. The van der Waals surface area contributed by atoms with E-state index in [0.717, 1.165) is 42.0 Å². The molecule has 1 saturated heterocycles. The number of nitrogens with zero attached hydrogens (tertiary/aromatic N) is 3. The molecule has 0 bridgehead atoms. The first-order valence-corrected chi connectivity index (χ1v) is 10.5. The zero-order valence-electron chi connectivity index (χ0n) is 17.7. The molecule has 1 aliphatic rings. The van der Waals surface area contributed by atoms with Crippen molar-refractivity contribution in [2.24, 2.45) is 0 Å². The van der Waals surface area contributed by atoms with Crippen molar-refractivity contribution in [3.8, 4) is 11.4 Å². The van der Waals surface area contributed by atoms with E-state index in [2.05, 4.69) is 5.10 Å². The van der Waals surface area contributed by atoms with Crippen molar-refractivity contribution in [2.75, 3.05) is 20.3 Å². The van der Waals surface area contributed by atoms with Crippen molar-refractivity contribution in [3.63, 3.8) is 0 Å². The topological polar surface area (TPSA) is 56.6 Å². The number of hydrogen-bond acceptors (Lipinski definition) is 4. The molecule has 1 aromatic heterocycles. The van der Waals surface area contributed by atoms with E-state index < -0.39 is 0 Å². The normalized spacial score (nSPS) is 16.0. The SMILES string of the molecule is COc1cccc(CN(CC2CCCO2)C(=O)/C=C/c2cnn(-c3ccccc3)c2)c1. The molecule has 0 aliphatic carbocycles. The molecule has 0 spiro atoms. The van der Waals surface area contributed by atoms with E-state index in [4.69, 9.17) is 9.47 Å². The Bertz CT molecular complexity index is 1020. The lowest BCUT2D eigenvalue weighted by molar-refractivity contribution is -0.128. The molecule has 3 aromatic rings. The minimum absolute atomic E-state index is 0.0502. The number of benzene rings is 2. The van der Waals surface area contributed by atoms with E-state index >= 15 is 0 Å². The van der Waals surface area contributed by atoms with Crippen molar-refractivity contribution in [1.29, 1.82) is 0 Å². The number of ether oxygens (including phenoxy) is 2. The van der Waals surface area contributed by atoms with Crippen LogP contribution in [0, 0.1) is 0 Å². The highest BCUT2D eigenvalue weighted by atomic mass is 16.5. The van der Waals surface area contributed by atoms with E-state index in [1.54, 1.807) is 24.1 Å². The molecule has 6 heteroatoms. The third-order valence-corrected chi connectivity index (χ3v) is 5.31. The van der Waals surface area contributed by atoms with Crippen LogP contribution in [-0.4, -0.2) is 47.0 Å². The van der Waals surface area contributed by atoms with E-state index in [0.29, 0.717) is 13.1 Å². The monoisotopic (exact) mass is 417 g/mol. The third-order valence-electron chi connectivity index (χ3n) is 5.31. The van der Waals surface area contributed by atoms with Crippen molar-refractivity contribution < 1.29 is 14.3 Å². The molecule has 1 atom stereocenters. The van der Waals surface area contributed by atoms with Gasteiger partial charge in [0.25, 0.3) is 0 Å². The van der Waals surface area contributed by atoms with Crippen LogP contribution in [0.3, 0.4) is 0 Å². The van der Waals surface area contributed by atoms with Crippen LogP contribution in [0.1, 0.15) is 24.0 Å². The van der Waals surface area contributed by atoms with Crippen LogP contribution in [0.5, 0.6) is 5.75 Å². The number of carbonyl (C=O) groups excluding carboxylic acids is 1. The van der Waals surface area contributed by atoms with Crippen LogP contribution in [0.25, 0.3) is 11.8 Å². The Morgan fingerprint density at radius 3 is 2.90 bits per heavy atom. The number of amides is 1. The summed E-state index contributed by atoms with van der Waals surface area (Å²) in [6.45, 7) is 1.84. The zero-order valence-corrected chi connectivity index (χ0v) is 17.7. The Hall–Kier alpha value is -3.38. The highest BCUT2D eigenvalue weighted by Gasteiger charge is 2.22. The number of hydrogen-bond donors (Lipinski definition) is 0. The molecule has 6 nitrogen and oxygen atoms in total. The van der Waals surface area contributed by atoms with Gasteiger partial charge in [0, 0.05) is 37.5 Å². The molecule has 1 fully saturated rings. The van der Waals surface area contributed by atoms with Gasteiger partial charge < -0.3 is 14.4 Å². The molecule has 160 valence electrons. The van der Waals surface area contributed by atoms with Crippen molar-refractivity contribution in [3.05, 3.63) is 84.2 Å². The lowest BCUT2D eigenvalue weighted by Gasteiger charge is -2.24. The van der Waals surface area contributed by atoms with Crippen LogP contribution >= 0.6 is 0 Å². The van der Waals surface area contributed by atoms with Crippen molar-refractivity contribution in [1.82, 2.24) is 14.7 Å². The minimum Gasteiger partial charge on any atom is -0.497 e. The molecule has 1 unspecified atom stereocenters. The predicted molar refractivity (Wildman–Crippen MR) is 120 cm³/mol. The van der Waals surface area contributed by atoms with Gasteiger partial charge in [0.1, 0.15) is 5.75 Å². The van der Waals surface area contributed by atoms with E-state index in [1.807, 2.05) is 71.8 Å². The van der Waals surface area contributed by atoms with E-state index in [1.165, 1.54) is 0 Å². The van der Waals surface area contributed by atoms with Crippen molar-refractivity contribution in [2.45, 2.75) is 25.5 Å². The molecule has 31 heavy (non-hydrogen) atoms.